The van der Waals surface area contributed by atoms with Crippen LogP contribution in [0.2, 0.25) is 0 Å². The van der Waals surface area contributed by atoms with Crippen molar-refractivity contribution in [1.82, 2.24) is 19.6 Å². The lowest BCUT2D eigenvalue weighted by molar-refractivity contribution is 0.0982. The fraction of sp³-hybridized carbons (Fsp3) is 0.737. The molecule has 1 saturated carbocycles. The number of amides is 1. The van der Waals surface area contributed by atoms with Crippen LogP contribution in [0.3, 0.4) is 0 Å². The Morgan fingerprint density at radius 2 is 1.83 bits per heavy atom. The van der Waals surface area contributed by atoms with Gasteiger partial charge in [-0.15, -0.1) is 0 Å². The Labute approximate surface area is 172 Å². The molecule has 0 aromatic carbocycles. The molecule has 1 aliphatic carbocycles. The molecule has 9 nitrogen and oxygen atoms in total. The predicted octanol–water partition coefficient (Wildman–Crippen LogP) is 2.08. The highest BCUT2D eigenvalue weighted by Gasteiger charge is 2.29. The van der Waals surface area contributed by atoms with E-state index in [1.54, 1.807) is 0 Å². The molecule has 29 heavy (non-hydrogen) atoms. The van der Waals surface area contributed by atoms with Gasteiger partial charge in [-0.3, -0.25) is 0 Å². The van der Waals surface area contributed by atoms with Gasteiger partial charge in [0.1, 0.15) is 6.10 Å². The van der Waals surface area contributed by atoms with E-state index >= 15 is 0 Å². The molecule has 0 spiro atoms. The standard InChI is InChI=1S/C19H31N5O4S/c1-13(2)22-19(25)28-17-5-4-14(10-17)15-11-20-18(21-12-15)23-16-6-8-24(9-7-16)29(3,26)27/h11-14,16-17H,4-10H2,1-3H3,(H,22,25)(H,20,21,23)/t14-,17+/m1/s1. The quantitative estimate of drug-likeness (QED) is 0.717. The van der Waals surface area contributed by atoms with E-state index < -0.39 is 10.0 Å². The summed E-state index contributed by atoms with van der Waals surface area (Å²) in [5, 5.41) is 6.05. The molecule has 2 heterocycles. The number of hydrogen-bond donors (Lipinski definition) is 2. The van der Waals surface area contributed by atoms with E-state index in [1.807, 2.05) is 26.2 Å². The van der Waals surface area contributed by atoms with Gasteiger partial charge in [0.05, 0.1) is 6.26 Å². The number of sulfonamides is 1. The van der Waals surface area contributed by atoms with Gasteiger partial charge in [0.2, 0.25) is 16.0 Å². The molecule has 1 aromatic heterocycles. The lowest BCUT2D eigenvalue weighted by Crippen LogP contribution is -2.42. The fourth-order valence-electron chi connectivity index (χ4n) is 3.91. The summed E-state index contributed by atoms with van der Waals surface area (Å²) in [6.07, 6.45) is 8.53. The number of carbonyl (C=O) groups excluding carboxylic acids is 1. The molecule has 0 radical (unpaired) electrons. The van der Waals surface area contributed by atoms with Crippen molar-refractivity contribution in [3.63, 3.8) is 0 Å². The number of nitrogens with one attached hydrogen (secondary N) is 2. The van der Waals surface area contributed by atoms with Crippen LogP contribution in [0.4, 0.5) is 10.7 Å². The van der Waals surface area contributed by atoms with Crippen molar-refractivity contribution in [2.75, 3.05) is 24.7 Å². The Balaban J connectivity index is 1.47. The van der Waals surface area contributed by atoms with Gasteiger partial charge in [-0.25, -0.2) is 27.5 Å². The van der Waals surface area contributed by atoms with E-state index in [2.05, 4.69) is 20.6 Å². The molecule has 1 aromatic rings. The maximum absolute atomic E-state index is 11.8. The summed E-state index contributed by atoms with van der Waals surface area (Å²) in [6, 6.07) is 0.231. The van der Waals surface area contributed by atoms with Crippen molar-refractivity contribution in [2.24, 2.45) is 0 Å². The van der Waals surface area contributed by atoms with Gasteiger partial charge < -0.3 is 15.4 Å². The second kappa shape index (κ2) is 9.25. The average Bonchev–Trinajstić information content (AvgIpc) is 3.09. The van der Waals surface area contributed by atoms with E-state index in [9.17, 15) is 13.2 Å². The third-order valence-corrected chi connectivity index (χ3v) is 6.77. The van der Waals surface area contributed by atoms with Crippen LogP contribution >= 0.6 is 0 Å². The van der Waals surface area contributed by atoms with Crippen LogP contribution in [0.25, 0.3) is 0 Å². The molecule has 2 aliphatic rings. The van der Waals surface area contributed by atoms with Crippen LogP contribution in [-0.4, -0.2) is 66.3 Å². The van der Waals surface area contributed by atoms with Crippen molar-refractivity contribution >= 4 is 22.1 Å². The highest BCUT2D eigenvalue weighted by Crippen LogP contribution is 2.35. The first-order valence-corrected chi connectivity index (χ1v) is 12.1. The summed E-state index contributed by atoms with van der Waals surface area (Å²) in [5.74, 6) is 0.854. The van der Waals surface area contributed by atoms with Crippen molar-refractivity contribution in [3.8, 4) is 0 Å². The topological polar surface area (TPSA) is 114 Å². The second-order valence-corrected chi connectivity index (χ2v) is 10.2. The number of piperidine rings is 1. The first-order chi connectivity index (χ1) is 13.7. The SMILES string of the molecule is CC(C)NC(=O)O[C@H]1CC[C@@H](c2cnc(NC3CCN(S(C)(=O)=O)CC3)nc2)C1. The number of anilines is 1. The van der Waals surface area contributed by atoms with Crippen molar-refractivity contribution < 1.29 is 17.9 Å². The van der Waals surface area contributed by atoms with Crippen molar-refractivity contribution in [1.29, 1.82) is 0 Å². The van der Waals surface area contributed by atoms with Gasteiger partial charge in [0.15, 0.2) is 0 Å². The Morgan fingerprint density at radius 1 is 1.17 bits per heavy atom. The lowest BCUT2D eigenvalue weighted by Gasteiger charge is -2.30. The molecule has 3 rings (SSSR count). The summed E-state index contributed by atoms with van der Waals surface area (Å²) in [7, 11) is -3.12. The third-order valence-electron chi connectivity index (χ3n) is 5.46. The third kappa shape index (κ3) is 6.27. The van der Waals surface area contributed by atoms with E-state index in [0.717, 1.165) is 37.7 Å². The largest absolute Gasteiger partial charge is 0.446 e. The molecule has 2 atom stereocenters. The maximum Gasteiger partial charge on any atom is 0.407 e. The Bertz CT molecular complexity index is 791. The monoisotopic (exact) mass is 425 g/mol. The molecular weight excluding hydrogens is 394 g/mol. The number of alkyl carbamates (subject to hydrolysis) is 1. The molecule has 2 fully saturated rings. The summed E-state index contributed by atoms with van der Waals surface area (Å²) < 4.78 is 30.2. The van der Waals surface area contributed by atoms with E-state index in [1.165, 1.54) is 10.6 Å². The number of nitrogens with zero attached hydrogens (tertiary/aromatic N) is 3. The molecule has 0 bridgehead atoms. The van der Waals surface area contributed by atoms with Gasteiger partial charge in [-0.2, -0.15) is 0 Å². The number of carbonyl (C=O) groups is 1. The maximum atomic E-state index is 11.8. The number of aromatic nitrogens is 2. The highest BCUT2D eigenvalue weighted by atomic mass is 32.2. The van der Waals surface area contributed by atoms with Crippen LogP contribution < -0.4 is 10.6 Å². The average molecular weight is 426 g/mol. The zero-order valence-electron chi connectivity index (χ0n) is 17.3. The minimum atomic E-state index is -3.12. The van der Waals surface area contributed by atoms with Crippen LogP contribution in [0, 0.1) is 0 Å². The zero-order valence-corrected chi connectivity index (χ0v) is 18.1. The molecule has 1 saturated heterocycles. The van der Waals surface area contributed by atoms with E-state index in [-0.39, 0.29) is 24.3 Å². The molecule has 10 heteroatoms. The first kappa shape index (κ1) is 21.8. The smallest absolute Gasteiger partial charge is 0.407 e. The summed E-state index contributed by atoms with van der Waals surface area (Å²) in [4.78, 5) is 20.6. The summed E-state index contributed by atoms with van der Waals surface area (Å²) >= 11 is 0. The molecule has 1 aliphatic heterocycles. The number of hydrogen-bond acceptors (Lipinski definition) is 7. The predicted molar refractivity (Wildman–Crippen MR) is 110 cm³/mol. The van der Waals surface area contributed by atoms with Crippen molar-refractivity contribution in [2.45, 2.75) is 70.1 Å². The van der Waals surface area contributed by atoms with Gasteiger partial charge >= 0.3 is 6.09 Å². The fourth-order valence-corrected chi connectivity index (χ4v) is 4.78. The summed E-state index contributed by atoms with van der Waals surface area (Å²) in [6.45, 7) is 4.84. The first-order valence-electron chi connectivity index (χ1n) is 10.2. The zero-order chi connectivity index (χ0) is 21.0. The van der Waals surface area contributed by atoms with Crippen molar-refractivity contribution in [3.05, 3.63) is 18.0 Å². The Morgan fingerprint density at radius 3 is 2.41 bits per heavy atom. The molecular formula is C19H31N5O4S. The van der Waals surface area contributed by atoms with Gasteiger partial charge in [-0.1, -0.05) is 0 Å². The summed E-state index contributed by atoms with van der Waals surface area (Å²) in [5.41, 5.74) is 1.05. The van der Waals surface area contributed by atoms with Gasteiger partial charge in [-0.05, 0) is 57.4 Å². The Hall–Kier alpha value is -1.94. The number of rotatable bonds is 6. The van der Waals surface area contributed by atoms with Crippen LogP contribution in [0.15, 0.2) is 12.4 Å². The Kier molecular flexibility index (Phi) is 6.94. The van der Waals surface area contributed by atoms with E-state index in [0.29, 0.717) is 25.0 Å². The normalized spacial score (nSPS) is 23.9. The minimum absolute atomic E-state index is 0.0618. The highest BCUT2D eigenvalue weighted by molar-refractivity contribution is 7.88. The lowest BCUT2D eigenvalue weighted by atomic mass is 10.0. The minimum Gasteiger partial charge on any atom is -0.446 e. The number of ether oxygens (including phenoxy) is 1. The molecule has 1 amide bonds. The van der Waals surface area contributed by atoms with Crippen LogP contribution in [0.5, 0.6) is 0 Å². The van der Waals surface area contributed by atoms with Crippen LogP contribution in [-0.2, 0) is 14.8 Å². The molecule has 162 valence electrons. The molecule has 2 N–H and O–H groups in total. The molecule has 0 unspecified atom stereocenters. The van der Waals surface area contributed by atoms with Gasteiger partial charge in [0, 0.05) is 37.6 Å². The van der Waals surface area contributed by atoms with Gasteiger partial charge in [0.25, 0.3) is 0 Å². The second-order valence-electron chi connectivity index (χ2n) is 8.26. The van der Waals surface area contributed by atoms with Crippen LogP contribution in [0.1, 0.15) is 57.4 Å². The van der Waals surface area contributed by atoms with E-state index in [4.69, 9.17) is 4.74 Å².